The van der Waals surface area contributed by atoms with E-state index < -0.39 is 0 Å². The Morgan fingerprint density at radius 2 is 2.31 bits per heavy atom. The normalized spacial score (nSPS) is 15.8. The summed E-state index contributed by atoms with van der Waals surface area (Å²) >= 11 is 0. The van der Waals surface area contributed by atoms with E-state index in [1.54, 1.807) is 12.4 Å². The highest BCUT2D eigenvalue weighted by atomic mass is 15.2. The number of rotatable bonds is 3. The van der Waals surface area contributed by atoms with Crippen LogP contribution in [0.2, 0.25) is 0 Å². The van der Waals surface area contributed by atoms with E-state index in [1.807, 2.05) is 0 Å². The summed E-state index contributed by atoms with van der Waals surface area (Å²) in [5.41, 5.74) is 5.57. The fourth-order valence-corrected chi connectivity index (χ4v) is 1.50. The van der Waals surface area contributed by atoms with E-state index in [0.717, 1.165) is 12.4 Å². The summed E-state index contributed by atoms with van der Waals surface area (Å²) in [5, 5.41) is 0. The second kappa shape index (κ2) is 3.20. The van der Waals surface area contributed by atoms with Crippen molar-refractivity contribution in [2.75, 3.05) is 17.2 Å². The first kappa shape index (κ1) is 8.29. The molecule has 0 atom stereocenters. The van der Waals surface area contributed by atoms with Crippen molar-refractivity contribution in [3.05, 3.63) is 12.4 Å². The predicted octanol–water partition coefficient (Wildman–Crippen LogP) is 1.05. The van der Waals surface area contributed by atoms with E-state index in [4.69, 9.17) is 5.73 Å². The number of hydrogen-bond acceptors (Lipinski definition) is 4. The van der Waals surface area contributed by atoms with Gasteiger partial charge in [0.05, 0.1) is 12.4 Å². The van der Waals surface area contributed by atoms with Crippen molar-refractivity contribution in [2.24, 2.45) is 0 Å². The van der Waals surface area contributed by atoms with Crippen molar-refractivity contribution in [3.8, 4) is 0 Å². The lowest BCUT2D eigenvalue weighted by Crippen LogP contribution is -2.26. The lowest BCUT2D eigenvalue weighted by molar-refractivity contribution is 0.805. The molecule has 1 aromatic heterocycles. The molecule has 0 unspecified atom stereocenters. The monoisotopic (exact) mass is 178 g/mol. The second-order valence-electron chi connectivity index (χ2n) is 3.32. The molecular formula is C9H14N4. The van der Waals surface area contributed by atoms with Crippen molar-refractivity contribution < 1.29 is 0 Å². The van der Waals surface area contributed by atoms with Gasteiger partial charge < -0.3 is 10.6 Å². The number of aromatic nitrogens is 2. The highest BCUT2D eigenvalue weighted by Gasteiger charge is 2.28. The third-order valence-electron chi connectivity index (χ3n) is 2.26. The predicted molar refractivity (Wildman–Crippen MR) is 52.5 cm³/mol. The largest absolute Gasteiger partial charge is 0.382 e. The van der Waals surface area contributed by atoms with Crippen LogP contribution in [0.3, 0.4) is 0 Å². The molecule has 0 aromatic carbocycles. The molecule has 2 rings (SSSR count). The number of hydrogen-bond donors (Lipinski definition) is 1. The maximum Gasteiger partial charge on any atom is 0.149 e. The average Bonchev–Trinajstić information content (AvgIpc) is 2.90. The van der Waals surface area contributed by atoms with E-state index in [-0.39, 0.29) is 0 Å². The van der Waals surface area contributed by atoms with Gasteiger partial charge >= 0.3 is 0 Å². The Bertz CT molecular complexity index is 295. The Kier molecular flexibility index (Phi) is 2.04. The van der Waals surface area contributed by atoms with Crippen LogP contribution in [0.5, 0.6) is 0 Å². The number of nitrogen functional groups attached to an aromatic ring is 1. The van der Waals surface area contributed by atoms with Crippen LogP contribution in [0.4, 0.5) is 11.6 Å². The zero-order valence-corrected chi connectivity index (χ0v) is 7.77. The number of nitrogens with zero attached hydrogens (tertiary/aromatic N) is 3. The van der Waals surface area contributed by atoms with E-state index in [2.05, 4.69) is 21.8 Å². The highest BCUT2D eigenvalue weighted by molar-refractivity contribution is 5.43. The van der Waals surface area contributed by atoms with Crippen molar-refractivity contribution in [1.29, 1.82) is 0 Å². The van der Waals surface area contributed by atoms with Crippen molar-refractivity contribution in [3.63, 3.8) is 0 Å². The molecule has 70 valence electrons. The lowest BCUT2D eigenvalue weighted by atomic mass is 10.4. The van der Waals surface area contributed by atoms with Gasteiger partial charge in [0.2, 0.25) is 0 Å². The third kappa shape index (κ3) is 1.71. The van der Waals surface area contributed by atoms with Gasteiger partial charge in [-0.3, -0.25) is 4.98 Å². The molecule has 1 aliphatic carbocycles. The fraction of sp³-hybridized carbons (Fsp3) is 0.556. The first-order valence-corrected chi connectivity index (χ1v) is 4.65. The molecule has 0 amide bonds. The summed E-state index contributed by atoms with van der Waals surface area (Å²) < 4.78 is 0. The minimum atomic E-state index is 0.497. The maximum atomic E-state index is 5.57. The summed E-state index contributed by atoms with van der Waals surface area (Å²) in [5.74, 6) is 1.40. The maximum absolute atomic E-state index is 5.57. The second-order valence-corrected chi connectivity index (χ2v) is 3.32. The van der Waals surface area contributed by atoms with Crippen LogP contribution in [-0.2, 0) is 0 Å². The molecule has 1 saturated carbocycles. The molecule has 0 radical (unpaired) electrons. The molecule has 4 nitrogen and oxygen atoms in total. The minimum Gasteiger partial charge on any atom is -0.382 e. The molecular weight excluding hydrogens is 164 g/mol. The zero-order valence-electron chi connectivity index (χ0n) is 7.77. The fourth-order valence-electron chi connectivity index (χ4n) is 1.50. The van der Waals surface area contributed by atoms with Crippen LogP contribution in [0.1, 0.15) is 19.8 Å². The number of anilines is 2. The number of nitrogens with two attached hydrogens (primary N) is 1. The van der Waals surface area contributed by atoms with Crippen molar-refractivity contribution >= 4 is 11.6 Å². The molecule has 1 aromatic rings. The van der Waals surface area contributed by atoms with Gasteiger partial charge in [-0.1, -0.05) is 0 Å². The lowest BCUT2D eigenvalue weighted by Gasteiger charge is -2.20. The quantitative estimate of drug-likeness (QED) is 0.751. The summed E-state index contributed by atoms with van der Waals surface area (Å²) in [7, 11) is 0. The van der Waals surface area contributed by atoms with Gasteiger partial charge in [-0.15, -0.1) is 0 Å². The van der Waals surface area contributed by atoms with Crippen molar-refractivity contribution in [1.82, 2.24) is 9.97 Å². The first-order chi connectivity index (χ1) is 6.31. The zero-order chi connectivity index (χ0) is 9.26. The molecule has 0 saturated heterocycles. The summed E-state index contributed by atoms with van der Waals surface area (Å²) in [6, 6.07) is 0.668. The van der Waals surface area contributed by atoms with E-state index in [9.17, 15) is 0 Å². The van der Waals surface area contributed by atoms with E-state index in [1.165, 1.54) is 12.8 Å². The van der Waals surface area contributed by atoms with Gasteiger partial charge in [0, 0.05) is 12.6 Å². The van der Waals surface area contributed by atoms with Crippen LogP contribution < -0.4 is 10.6 Å². The molecule has 0 bridgehead atoms. The van der Waals surface area contributed by atoms with Gasteiger partial charge in [-0.2, -0.15) is 0 Å². The average molecular weight is 178 g/mol. The van der Waals surface area contributed by atoms with Gasteiger partial charge in [0.1, 0.15) is 11.6 Å². The van der Waals surface area contributed by atoms with Crippen molar-refractivity contribution in [2.45, 2.75) is 25.8 Å². The van der Waals surface area contributed by atoms with Gasteiger partial charge in [0.15, 0.2) is 0 Å². The molecule has 1 heterocycles. The molecule has 0 aliphatic heterocycles. The molecule has 1 aliphatic rings. The van der Waals surface area contributed by atoms with Crippen LogP contribution in [0.15, 0.2) is 12.4 Å². The van der Waals surface area contributed by atoms with E-state index >= 15 is 0 Å². The molecule has 4 heteroatoms. The summed E-state index contributed by atoms with van der Waals surface area (Å²) in [6.07, 6.45) is 5.89. The van der Waals surface area contributed by atoms with Gasteiger partial charge in [-0.05, 0) is 19.8 Å². The Morgan fingerprint density at radius 3 is 2.85 bits per heavy atom. The smallest absolute Gasteiger partial charge is 0.149 e. The Morgan fingerprint density at radius 1 is 1.54 bits per heavy atom. The highest BCUT2D eigenvalue weighted by Crippen LogP contribution is 2.29. The standard InChI is InChI=1S/C9H14N4/c1-2-13(7-3-4-7)9-6-11-5-8(10)12-9/h5-7H,2-4H2,1H3,(H2,10,12). The Labute approximate surface area is 77.8 Å². The van der Waals surface area contributed by atoms with Crippen LogP contribution in [0, 0.1) is 0 Å². The molecule has 2 N–H and O–H groups in total. The minimum absolute atomic E-state index is 0.497. The Hall–Kier alpha value is -1.32. The van der Waals surface area contributed by atoms with Gasteiger partial charge in [0.25, 0.3) is 0 Å². The SMILES string of the molecule is CCN(c1cncc(N)n1)C1CC1. The molecule has 13 heavy (non-hydrogen) atoms. The molecule has 1 fully saturated rings. The van der Waals surface area contributed by atoms with E-state index in [0.29, 0.717) is 11.9 Å². The summed E-state index contributed by atoms with van der Waals surface area (Å²) in [4.78, 5) is 10.5. The first-order valence-electron chi connectivity index (χ1n) is 4.65. The van der Waals surface area contributed by atoms with Crippen LogP contribution in [0.25, 0.3) is 0 Å². The topological polar surface area (TPSA) is 55.0 Å². The molecule has 0 spiro atoms. The Balaban J connectivity index is 2.21. The summed E-state index contributed by atoms with van der Waals surface area (Å²) in [6.45, 7) is 3.10. The van der Waals surface area contributed by atoms with Crippen LogP contribution >= 0.6 is 0 Å². The van der Waals surface area contributed by atoms with Crippen LogP contribution in [-0.4, -0.2) is 22.6 Å². The van der Waals surface area contributed by atoms with Gasteiger partial charge in [-0.25, -0.2) is 4.98 Å². The third-order valence-corrected chi connectivity index (χ3v) is 2.26.